The molecule has 15 heavy (non-hydrogen) atoms. The van der Waals surface area contributed by atoms with Gasteiger partial charge >= 0.3 is 0 Å². The summed E-state index contributed by atoms with van der Waals surface area (Å²) in [5.74, 6) is 0.829. The lowest BCUT2D eigenvalue weighted by atomic mass is 10.1. The van der Waals surface area contributed by atoms with Gasteiger partial charge in [0.1, 0.15) is 0 Å². The first-order valence-electron chi connectivity index (χ1n) is 6.15. The molecule has 82 valence electrons. The van der Waals surface area contributed by atoms with E-state index in [0.29, 0.717) is 6.04 Å². The first-order chi connectivity index (χ1) is 7.29. The minimum Gasteiger partial charge on any atom is -0.382 e. The summed E-state index contributed by atoms with van der Waals surface area (Å²) >= 11 is 0. The Kier molecular flexibility index (Phi) is 3.30. The Morgan fingerprint density at radius 3 is 2.47 bits per heavy atom. The van der Waals surface area contributed by atoms with Crippen molar-refractivity contribution in [2.45, 2.75) is 45.6 Å². The maximum absolute atomic E-state index is 3.64. The third-order valence-corrected chi connectivity index (χ3v) is 3.58. The number of nitrogens with one attached hydrogen (secondary N) is 1. The Labute approximate surface area is 92.9 Å². The summed E-state index contributed by atoms with van der Waals surface area (Å²) in [6, 6.07) is 9.56. The lowest BCUT2D eigenvalue weighted by Crippen LogP contribution is -2.21. The van der Waals surface area contributed by atoms with Gasteiger partial charge in [-0.1, -0.05) is 32.4 Å². The standard InChI is InChI=1S/C14H21N/c1-3-12-7-9-13(10-8-12)15-14-6-4-5-11(14)2/h7-11,14-15H,3-6H2,1-2H3. The topological polar surface area (TPSA) is 12.0 Å². The summed E-state index contributed by atoms with van der Waals surface area (Å²) in [6.45, 7) is 4.55. The highest BCUT2D eigenvalue weighted by Gasteiger charge is 2.22. The Morgan fingerprint density at radius 2 is 1.93 bits per heavy atom. The summed E-state index contributed by atoms with van der Waals surface area (Å²) in [5, 5.41) is 3.64. The van der Waals surface area contributed by atoms with E-state index in [4.69, 9.17) is 0 Å². The van der Waals surface area contributed by atoms with Crippen molar-refractivity contribution >= 4 is 5.69 Å². The molecule has 2 rings (SSSR count). The van der Waals surface area contributed by atoms with Gasteiger partial charge in [-0.25, -0.2) is 0 Å². The fourth-order valence-corrected chi connectivity index (χ4v) is 2.41. The van der Waals surface area contributed by atoms with E-state index in [0.717, 1.165) is 12.3 Å². The summed E-state index contributed by atoms with van der Waals surface area (Å²) in [4.78, 5) is 0. The maximum atomic E-state index is 3.64. The summed E-state index contributed by atoms with van der Waals surface area (Å²) in [5.41, 5.74) is 2.70. The predicted octanol–water partition coefficient (Wildman–Crippen LogP) is 3.85. The molecule has 1 fully saturated rings. The molecule has 1 aliphatic rings. The quantitative estimate of drug-likeness (QED) is 0.786. The normalized spacial score (nSPS) is 25.5. The van der Waals surface area contributed by atoms with Gasteiger partial charge in [-0.05, 0) is 42.9 Å². The average Bonchev–Trinajstić information content (AvgIpc) is 2.66. The number of hydrogen-bond donors (Lipinski definition) is 1. The van der Waals surface area contributed by atoms with Gasteiger partial charge in [-0.15, -0.1) is 0 Å². The average molecular weight is 203 g/mol. The first-order valence-corrected chi connectivity index (χ1v) is 6.15. The molecule has 1 nitrogen and oxygen atoms in total. The van der Waals surface area contributed by atoms with E-state index >= 15 is 0 Å². The van der Waals surface area contributed by atoms with Gasteiger partial charge in [0.15, 0.2) is 0 Å². The van der Waals surface area contributed by atoms with Crippen LogP contribution in [-0.4, -0.2) is 6.04 Å². The molecule has 0 aliphatic heterocycles. The van der Waals surface area contributed by atoms with E-state index < -0.39 is 0 Å². The number of rotatable bonds is 3. The van der Waals surface area contributed by atoms with Crippen LogP contribution in [0.3, 0.4) is 0 Å². The van der Waals surface area contributed by atoms with E-state index in [1.807, 2.05) is 0 Å². The van der Waals surface area contributed by atoms with Crippen molar-refractivity contribution in [3.8, 4) is 0 Å². The van der Waals surface area contributed by atoms with E-state index in [2.05, 4.69) is 43.4 Å². The Balaban J connectivity index is 1.98. The van der Waals surface area contributed by atoms with E-state index in [1.54, 1.807) is 0 Å². The van der Waals surface area contributed by atoms with E-state index in [1.165, 1.54) is 30.5 Å². The number of aryl methyl sites for hydroxylation is 1. The largest absolute Gasteiger partial charge is 0.382 e. The molecule has 1 aromatic carbocycles. The highest BCUT2D eigenvalue weighted by molar-refractivity contribution is 5.45. The third-order valence-electron chi connectivity index (χ3n) is 3.58. The molecule has 1 N–H and O–H groups in total. The summed E-state index contributed by atoms with van der Waals surface area (Å²) in [7, 11) is 0. The van der Waals surface area contributed by atoms with Crippen LogP contribution in [0, 0.1) is 5.92 Å². The second-order valence-corrected chi connectivity index (χ2v) is 4.71. The smallest absolute Gasteiger partial charge is 0.0342 e. The van der Waals surface area contributed by atoms with Crippen LogP contribution in [0.25, 0.3) is 0 Å². The monoisotopic (exact) mass is 203 g/mol. The molecule has 1 heteroatoms. The van der Waals surface area contributed by atoms with Crippen molar-refractivity contribution in [1.29, 1.82) is 0 Å². The Bertz CT molecular complexity index is 302. The molecule has 2 unspecified atom stereocenters. The molecule has 0 spiro atoms. The van der Waals surface area contributed by atoms with Gasteiger partial charge in [0.25, 0.3) is 0 Å². The number of hydrogen-bond acceptors (Lipinski definition) is 1. The van der Waals surface area contributed by atoms with Crippen molar-refractivity contribution in [2.75, 3.05) is 5.32 Å². The molecular weight excluding hydrogens is 182 g/mol. The number of anilines is 1. The lowest BCUT2D eigenvalue weighted by Gasteiger charge is -2.18. The van der Waals surface area contributed by atoms with Gasteiger partial charge in [0.05, 0.1) is 0 Å². The van der Waals surface area contributed by atoms with E-state index in [9.17, 15) is 0 Å². The van der Waals surface area contributed by atoms with Gasteiger partial charge < -0.3 is 5.32 Å². The van der Waals surface area contributed by atoms with Crippen molar-refractivity contribution in [3.05, 3.63) is 29.8 Å². The fraction of sp³-hybridized carbons (Fsp3) is 0.571. The van der Waals surface area contributed by atoms with Crippen molar-refractivity contribution in [2.24, 2.45) is 5.92 Å². The van der Waals surface area contributed by atoms with Crippen molar-refractivity contribution in [3.63, 3.8) is 0 Å². The van der Waals surface area contributed by atoms with Gasteiger partial charge in [0.2, 0.25) is 0 Å². The minimum atomic E-state index is 0.692. The maximum Gasteiger partial charge on any atom is 0.0342 e. The zero-order valence-electron chi connectivity index (χ0n) is 9.79. The molecule has 0 saturated heterocycles. The Hall–Kier alpha value is -0.980. The Morgan fingerprint density at radius 1 is 1.20 bits per heavy atom. The molecule has 0 aromatic heterocycles. The molecule has 1 aliphatic carbocycles. The SMILES string of the molecule is CCc1ccc(NC2CCCC2C)cc1. The van der Waals surface area contributed by atoms with Crippen LogP contribution in [0.2, 0.25) is 0 Å². The van der Waals surface area contributed by atoms with Crippen molar-refractivity contribution in [1.82, 2.24) is 0 Å². The van der Waals surface area contributed by atoms with Gasteiger partial charge in [-0.2, -0.15) is 0 Å². The highest BCUT2D eigenvalue weighted by Crippen LogP contribution is 2.27. The second kappa shape index (κ2) is 4.69. The van der Waals surface area contributed by atoms with Gasteiger partial charge in [-0.3, -0.25) is 0 Å². The molecule has 0 bridgehead atoms. The molecule has 0 heterocycles. The van der Waals surface area contributed by atoms with Crippen LogP contribution in [0.1, 0.15) is 38.7 Å². The lowest BCUT2D eigenvalue weighted by molar-refractivity contribution is 0.556. The molecule has 1 saturated carbocycles. The van der Waals surface area contributed by atoms with Crippen molar-refractivity contribution < 1.29 is 0 Å². The minimum absolute atomic E-state index is 0.692. The van der Waals surface area contributed by atoms with Crippen LogP contribution >= 0.6 is 0 Å². The molecular formula is C14H21N. The zero-order chi connectivity index (χ0) is 10.7. The number of benzene rings is 1. The third kappa shape index (κ3) is 2.53. The molecule has 2 atom stereocenters. The van der Waals surface area contributed by atoms with Crippen LogP contribution in [-0.2, 0) is 6.42 Å². The van der Waals surface area contributed by atoms with Crippen LogP contribution in [0.5, 0.6) is 0 Å². The second-order valence-electron chi connectivity index (χ2n) is 4.71. The summed E-state index contributed by atoms with van der Waals surface area (Å²) in [6.07, 6.45) is 5.22. The highest BCUT2D eigenvalue weighted by atomic mass is 14.9. The van der Waals surface area contributed by atoms with Crippen LogP contribution in [0.4, 0.5) is 5.69 Å². The van der Waals surface area contributed by atoms with Gasteiger partial charge in [0, 0.05) is 11.7 Å². The zero-order valence-corrected chi connectivity index (χ0v) is 9.79. The molecule has 0 amide bonds. The van der Waals surface area contributed by atoms with E-state index in [-0.39, 0.29) is 0 Å². The predicted molar refractivity (Wildman–Crippen MR) is 66.2 cm³/mol. The van der Waals surface area contributed by atoms with Crippen LogP contribution < -0.4 is 5.32 Å². The fourth-order valence-electron chi connectivity index (χ4n) is 2.41. The van der Waals surface area contributed by atoms with Crippen LogP contribution in [0.15, 0.2) is 24.3 Å². The summed E-state index contributed by atoms with van der Waals surface area (Å²) < 4.78 is 0. The molecule has 0 radical (unpaired) electrons. The first kappa shape index (κ1) is 10.5. The molecule has 1 aromatic rings.